The molecule has 0 atom stereocenters. The Hall–Kier alpha value is -1.30. The van der Waals surface area contributed by atoms with Gasteiger partial charge in [-0.1, -0.05) is 57.2 Å². The van der Waals surface area contributed by atoms with Crippen molar-refractivity contribution >= 4 is 17.7 Å². The van der Waals surface area contributed by atoms with Crippen LogP contribution in [0.4, 0.5) is 0 Å². The number of thioether (sulfide) groups is 1. The van der Waals surface area contributed by atoms with E-state index < -0.39 is 0 Å². The molecule has 1 aromatic heterocycles. The summed E-state index contributed by atoms with van der Waals surface area (Å²) in [6.07, 6.45) is 12.8. The van der Waals surface area contributed by atoms with Crippen LogP contribution in [-0.2, 0) is 11.2 Å². The van der Waals surface area contributed by atoms with Crippen LogP contribution in [0.1, 0.15) is 82.4 Å². The zero-order valence-corrected chi connectivity index (χ0v) is 17.6. The molecule has 0 radical (unpaired) electrons. The predicted octanol–water partition coefficient (Wildman–Crippen LogP) is 4.23. The summed E-state index contributed by atoms with van der Waals surface area (Å²) in [4.78, 5) is 34.9. The van der Waals surface area contributed by atoms with Gasteiger partial charge in [0.1, 0.15) is 0 Å². The number of H-pyrrole nitrogens is 1. The zero-order valence-electron chi connectivity index (χ0n) is 16.8. The number of hydrogen-bond donors (Lipinski definition) is 1. The summed E-state index contributed by atoms with van der Waals surface area (Å²) in [5.41, 5.74) is 1.43. The highest BCUT2D eigenvalue weighted by atomic mass is 32.2. The van der Waals surface area contributed by atoms with Crippen LogP contribution >= 0.6 is 11.8 Å². The van der Waals surface area contributed by atoms with Gasteiger partial charge in [-0.15, -0.1) is 0 Å². The maximum absolute atomic E-state index is 13.2. The molecule has 2 saturated carbocycles. The number of nitrogens with one attached hydrogen (secondary N) is 1. The Labute approximate surface area is 166 Å². The molecule has 0 aromatic carbocycles. The van der Waals surface area contributed by atoms with Crippen molar-refractivity contribution in [2.45, 2.75) is 102 Å². The van der Waals surface area contributed by atoms with Gasteiger partial charge < -0.3 is 9.88 Å². The molecular formula is C21H33N3O2S. The van der Waals surface area contributed by atoms with E-state index in [1.807, 2.05) is 13.8 Å². The molecule has 1 N–H and O–H groups in total. The zero-order chi connectivity index (χ0) is 19.2. The van der Waals surface area contributed by atoms with E-state index >= 15 is 0 Å². The first-order valence-corrected chi connectivity index (χ1v) is 11.6. The maximum atomic E-state index is 13.2. The van der Waals surface area contributed by atoms with Crippen LogP contribution in [0.25, 0.3) is 0 Å². The third kappa shape index (κ3) is 5.15. The van der Waals surface area contributed by atoms with E-state index in [2.05, 4.69) is 14.9 Å². The molecule has 2 aliphatic rings. The molecule has 0 unspecified atom stereocenters. The first kappa shape index (κ1) is 20.4. The monoisotopic (exact) mass is 391 g/mol. The second-order valence-electron chi connectivity index (χ2n) is 7.96. The summed E-state index contributed by atoms with van der Waals surface area (Å²) in [7, 11) is 0. The second-order valence-corrected chi connectivity index (χ2v) is 8.93. The minimum atomic E-state index is -0.0728. The molecule has 5 nitrogen and oxygen atoms in total. The van der Waals surface area contributed by atoms with Crippen LogP contribution in [0.15, 0.2) is 9.95 Å². The van der Waals surface area contributed by atoms with Gasteiger partial charge >= 0.3 is 0 Å². The number of aryl methyl sites for hydroxylation is 1. The molecule has 1 heterocycles. The van der Waals surface area contributed by atoms with Crippen molar-refractivity contribution in [3.8, 4) is 0 Å². The Morgan fingerprint density at radius 1 is 1.07 bits per heavy atom. The Kier molecular flexibility index (Phi) is 7.39. The van der Waals surface area contributed by atoms with E-state index in [0.717, 1.165) is 36.9 Å². The van der Waals surface area contributed by atoms with Gasteiger partial charge in [-0.05, 0) is 39.0 Å². The van der Waals surface area contributed by atoms with Crippen LogP contribution in [0.5, 0.6) is 0 Å². The molecule has 2 fully saturated rings. The normalized spacial score (nSPS) is 19.2. The SMILES string of the molecule is CCc1c(C)nc(SCC(=O)N(C2CCCCC2)C2CCCCC2)[nH]c1=O. The lowest BCUT2D eigenvalue weighted by molar-refractivity contribution is -0.135. The van der Waals surface area contributed by atoms with E-state index in [0.29, 0.717) is 29.4 Å². The van der Waals surface area contributed by atoms with Crippen molar-refractivity contribution in [2.24, 2.45) is 0 Å². The topological polar surface area (TPSA) is 66.1 Å². The lowest BCUT2D eigenvalue weighted by Crippen LogP contribution is -2.49. The van der Waals surface area contributed by atoms with Crippen molar-refractivity contribution < 1.29 is 4.79 Å². The van der Waals surface area contributed by atoms with Crippen molar-refractivity contribution in [1.82, 2.24) is 14.9 Å². The fourth-order valence-electron chi connectivity index (χ4n) is 4.70. The van der Waals surface area contributed by atoms with E-state index in [1.165, 1.54) is 50.3 Å². The molecule has 0 saturated heterocycles. The molecule has 0 aliphatic heterocycles. The summed E-state index contributed by atoms with van der Waals surface area (Å²) in [5.74, 6) is 0.583. The number of nitrogens with zero attached hydrogens (tertiary/aromatic N) is 2. The maximum Gasteiger partial charge on any atom is 0.254 e. The van der Waals surface area contributed by atoms with Gasteiger partial charge in [-0.25, -0.2) is 4.98 Å². The van der Waals surface area contributed by atoms with Crippen LogP contribution in [-0.4, -0.2) is 38.6 Å². The third-order valence-electron chi connectivity index (χ3n) is 6.11. The average molecular weight is 392 g/mol. The number of amides is 1. The van der Waals surface area contributed by atoms with Gasteiger partial charge in [0.2, 0.25) is 5.91 Å². The van der Waals surface area contributed by atoms with E-state index in [9.17, 15) is 9.59 Å². The fraction of sp³-hybridized carbons (Fsp3) is 0.762. The number of carbonyl (C=O) groups excluding carboxylic acids is 1. The number of hydrogen-bond acceptors (Lipinski definition) is 4. The minimum absolute atomic E-state index is 0.0728. The quantitative estimate of drug-likeness (QED) is 0.582. The predicted molar refractivity (Wildman–Crippen MR) is 110 cm³/mol. The molecule has 27 heavy (non-hydrogen) atoms. The highest BCUT2D eigenvalue weighted by molar-refractivity contribution is 7.99. The minimum Gasteiger partial charge on any atom is -0.336 e. The highest BCUT2D eigenvalue weighted by Gasteiger charge is 2.32. The standard InChI is InChI=1S/C21H33N3O2S/c1-3-18-15(2)22-21(23-20(18)26)27-14-19(25)24(16-10-6-4-7-11-16)17-12-8-5-9-13-17/h16-17H,3-14H2,1-2H3,(H,22,23,26). The summed E-state index contributed by atoms with van der Waals surface area (Å²) in [6, 6.07) is 0.817. The number of carbonyl (C=O) groups is 1. The van der Waals surface area contributed by atoms with Gasteiger partial charge in [-0.3, -0.25) is 9.59 Å². The first-order valence-electron chi connectivity index (χ1n) is 10.6. The summed E-state index contributed by atoms with van der Waals surface area (Å²) in [6.45, 7) is 3.83. The first-order chi connectivity index (χ1) is 13.1. The smallest absolute Gasteiger partial charge is 0.254 e. The molecule has 0 bridgehead atoms. The van der Waals surface area contributed by atoms with Gasteiger partial charge in [0.25, 0.3) is 5.56 Å². The lowest BCUT2D eigenvalue weighted by atomic mass is 9.88. The Bertz CT molecular complexity index is 673. The van der Waals surface area contributed by atoms with Crippen molar-refractivity contribution in [1.29, 1.82) is 0 Å². The number of aromatic nitrogens is 2. The molecular weight excluding hydrogens is 358 g/mol. The molecule has 3 rings (SSSR count). The average Bonchev–Trinajstić information content (AvgIpc) is 2.68. The molecule has 1 amide bonds. The number of rotatable bonds is 6. The van der Waals surface area contributed by atoms with Crippen LogP contribution in [0.2, 0.25) is 0 Å². The second kappa shape index (κ2) is 9.76. The van der Waals surface area contributed by atoms with Gasteiger partial charge in [0.15, 0.2) is 5.16 Å². The van der Waals surface area contributed by atoms with Crippen LogP contribution in [0.3, 0.4) is 0 Å². The Morgan fingerprint density at radius 3 is 2.11 bits per heavy atom. The Balaban J connectivity index is 1.69. The molecule has 6 heteroatoms. The molecule has 150 valence electrons. The molecule has 0 spiro atoms. The molecule has 2 aliphatic carbocycles. The van der Waals surface area contributed by atoms with E-state index in [-0.39, 0.29) is 11.5 Å². The van der Waals surface area contributed by atoms with Crippen LogP contribution in [0, 0.1) is 6.92 Å². The lowest BCUT2D eigenvalue weighted by Gasteiger charge is -2.41. The fourth-order valence-corrected chi connectivity index (χ4v) is 5.47. The van der Waals surface area contributed by atoms with Crippen molar-refractivity contribution in [3.05, 3.63) is 21.6 Å². The van der Waals surface area contributed by atoms with Crippen LogP contribution < -0.4 is 5.56 Å². The van der Waals surface area contributed by atoms with E-state index in [1.54, 1.807) is 0 Å². The third-order valence-corrected chi connectivity index (χ3v) is 6.97. The summed E-state index contributed by atoms with van der Waals surface area (Å²) in [5, 5.41) is 0.565. The Morgan fingerprint density at radius 2 is 1.63 bits per heavy atom. The highest BCUT2D eigenvalue weighted by Crippen LogP contribution is 2.31. The van der Waals surface area contributed by atoms with Crippen molar-refractivity contribution in [2.75, 3.05) is 5.75 Å². The van der Waals surface area contributed by atoms with E-state index in [4.69, 9.17) is 0 Å². The van der Waals surface area contributed by atoms with Gasteiger partial charge in [-0.2, -0.15) is 0 Å². The summed E-state index contributed by atoms with van der Waals surface area (Å²) >= 11 is 1.37. The largest absolute Gasteiger partial charge is 0.336 e. The number of aromatic amines is 1. The summed E-state index contributed by atoms with van der Waals surface area (Å²) < 4.78 is 0. The van der Waals surface area contributed by atoms with Gasteiger partial charge in [0.05, 0.1) is 5.75 Å². The molecule has 1 aromatic rings. The van der Waals surface area contributed by atoms with Crippen molar-refractivity contribution in [3.63, 3.8) is 0 Å². The van der Waals surface area contributed by atoms with Gasteiger partial charge in [0, 0.05) is 23.3 Å².